The Balaban J connectivity index is 1.87. The lowest BCUT2D eigenvalue weighted by atomic mass is 10.0. The largest absolute Gasteiger partial charge is 0.497 e. The molecule has 0 aliphatic rings. The van der Waals surface area contributed by atoms with Gasteiger partial charge in [0, 0.05) is 16.3 Å². The zero-order chi connectivity index (χ0) is 22.8. The van der Waals surface area contributed by atoms with Gasteiger partial charge in [-0.3, -0.25) is 0 Å². The predicted molar refractivity (Wildman–Crippen MR) is 138 cm³/mol. The Hall–Kier alpha value is -3.75. The van der Waals surface area contributed by atoms with E-state index in [4.69, 9.17) is 16.3 Å². The highest BCUT2D eigenvalue weighted by Gasteiger charge is 2.21. The lowest BCUT2D eigenvalue weighted by molar-refractivity contribution is 0.415. The Bertz CT molecular complexity index is 1390. The van der Waals surface area contributed by atoms with E-state index < -0.39 is 0 Å². The summed E-state index contributed by atoms with van der Waals surface area (Å²) in [7, 11) is 1.69. The van der Waals surface area contributed by atoms with E-state index in [9.17, 15) is 0 Å². The average Bonchev–Trinajstić information content (AvgIpc) is 3.27. The molecule has 2 nitrogen and oxygen atoms in total. The minimum atomic E-state index is 0.752. The molecule has 0 atom stereocenters. The molecule has 5 rings (SSSR count). The average molecular weight is 450 g/mol. The molecule has 3 heteroatoms. The Kier molecular flexibility index (Phi) is 5.77. The number of rotatable bonds is 5. The van der Waals surface area contributed by atoms with Crippen molar-refractivity contribution in [1.82, 2.24) is 4.57 Å². The van der Waals surface area contributed by atoms with E-state index in [2.05, 4.69) is 83.4 Å². The lowest BCUT2D eigenvalue weighted by Crippen LogP contribution is -2.00. The van der Waals surface area contributed by atoms with Crippen LogP contribution in [0.3, 0.4) is 0 Å². The van der Waals surface area contributed by atoms with Crippen LogP contribution in [0.1, 0.15) is 5.56 Å². The van der Waals surface area contributed by atoms with Crippen LogP contribution in [0.4, 0.5) is 0 Å². The van der Waals surface area contributed by atoms with Gasteiger partial charge in [0.1, 0.15) is 5.75 Å². The fraction of sp³-hybridized carbons (Fsp3) is 0.0667. The molecule has 0 aliphatic carbocycles. The minimum Gasteiger partial charge on any atom is -0.497 e. The number of halogens is 1. The summed E-state index contributed by atoms with van der Waals surface area (Å²) in [4.78, 5) is 0. The van der Waals surface area contributed by atoms with E-state index in [1.165, 1.54) is 0 Å². The molecule has 0 aliphatic heterocycles. The summed E-state index contributed by atoms with van der Waals surface area (Å²) in [6, 6.07) is 37.8. The maximum Gasteiger partial charge on any atom is 0.118 e. The van der Waals surface area contributed by atoms with Crippen molar-refractivity contribution in [3.8, 4) is 45.1 Å². The molecule has 162 valence electrons. The molecule has 0 spiro atoms. The maximum absolute atomic E-state index is 6.59. The Morgan fingerprint density at radius 2 is 1.30 bits per heavy atom. The highest BCUT2D eigenvalue weighted by molar-refractivity contribution is 6.31. The molecule has 0 radical (unpaired) electrons. The first-order valence-electron chi connectivity index (χ1n) is 10.9. The van der Waals surface area contributed by atoms with Crippen LogP contribution in [0.15, 0.2) is 109 Å². The van der Waals surface area contributed by atoms with Gasteiger partial charge in [0.15, 0.2) is 0 Å². The maximum atomic E-state index is 6.59. The minimum absolute atomic E-state index is 0.752. The first-order valence-corrected chi connectivity index (χ1v) is 11.3. The summed E-state index contributed by atoms with van der Waals surface area (Å²) in [5, 5.41) is 0.752. The third-order valence-corrected chi connectivity index (χ3v) is 6.34. The van der Waals surface area contributed by atoms with Gasteiger partial charge in [0.25, 0.3) is 0 Å². The number of nitrogens with zero attached hydrogens (tertiary/aromatic N) is 1. The number of methoxy groups -OCH3 is 1. The Labute approximate surface area is 199 Å². The highest BCUT2D eigenvalue weighted by Crippen LogP contribution is 2.42. The van der Waals surface area contributed by atoms with Gasteiger partial charge < -0.3 is 9.30 Å². The monoisotopic (exact) mass is 449 g/mol. The van der Waals surface area contributed by atoms with Gasteiger partial charge >= 0.3 is 0 Å². The summed E-state index contributed by atoms with van der Waals surface area (Å²) >= 11 is 6.59. The normalized spacial score (nSPS) is 10.9. The van der Waals surface area contributed by atoms with Gasteiger partial charge in [0.05, 0.1) is 18.5 Å². The van der Waals surface area contributed by atoms with Crippen molar-refractivity contribution < 1.29 is 4.74 Å². The molecule has 33 heavy (non-hydrogen) atoms. The number of aromatic nitrogens is 1. The standard InChI is InChI=1S/C30H24ClNO/c1-21-13-16-25(19-28(21)31)32-29(23-11-7-4-8-12-23)20-27(22-9-5-3-6-10-22)30(32)24-14-17-26(33-2)18-15-24/h3-20H,1-2H3. The van der Waals surface area contributed by atoms with Crippen molar-refractivity contribution in [3.05, 3.63) is 120 Å². The van der Waals surface area contributed by atoms with Gasteiger partial charge in [-0.25, -0.2) is 0 Å². The van der Waals surface area contributed by atoms with Crippen molar-refractivity contribution in [2.75, 3.05) is 7.11 Å². The fourth-order valence-electron chi connectivity index (χ4n) is 4.19. The summed E-state index contributed by atoms with van der Waals surface area (Å²) < 4.78 is 7.72. The number of ether oxygens (including phenoxy) is 1. The first-order chi connectivity index (χ1) is 16.2. The van der Waals surface area contributed by atoms with Gasteiger partial charge in [-0.2, -0.15) is 0 Å². The van der Waals surface area contributed by atoms with E-state index in [-0.39, 0.29) is 0 Å². The first kappa shape index (κ1) is 21.1. The van der Waals surface area contributed by atoms with Crippen LogP contribution in [0.25, 0.3) is 39.3 Å². The van der Waals surface area contributed by atoms with Crippen LogP contribution in [0, 0.1) is 6.92 Å². The quantitative estimate of drug-likeness (QED) is 0.262. The number of aryl methyl sites for hydroxylation is 1. The molecular formula is C30H24ClNO. The Morgan fingerprint density at radius 3 is 1.91 bits per heavy atom. The van der Waals surface area contributed by atoms with E-state index in [0.717, 1.165) is 55.7 Å². The van der Waals surface area contributed by atoms with Crippen LogP contribution in [0.2, 0.25) is 5.02 Å². The van der Waals surface area contributed by atoms with Crippen LogP contribution >= 0.6 is 11.6 Å². The van der Waals surface area contributed by atoms with E-state index in [1.807, 2.05) is 37.3 Å². The smallest absolute Gasteiger partial charge is 0.118 e. The zero-order valence-electron chi connectivity index (χ0n) is 18.6. The van der Waals surface area contributed by atoms with Crippen molar-refractivity contribution in [1.29, 1.82) is 0 Å². The molecule has 5 aromatic rings. The number of benzene rings is 4. The molecule has 0 unspecified atom stereocenters. The third-order valence-electron chi connectivity index (χ3n) is 5.93. The molecule has 0 bridgehead atoms. The summed E-state index contributed by atoms with van der Waals surface area (Å²) in [6.07, 6.45) is 0. The highest BCUT2D eigenvalue weighted by atomic mass is 35.5. The summed E-state index contributed by atoms with van der Waals surface area (Å²) in [5.41, 5.74) is 8.89. The van der Waals surface area contributed by atoms with E-state index >= 15 is 0 Å². The SMILES string of the molecule is COc1ccc(-c2c(-c3ccccc3)cc(-c3ccccc3)n2-c2ccc(C)c(Cl)c2)cc1. The second kappa shape index (κ2) is 9.01. The van der Waals surface area contributed by atoms with Crippen LogP contribution < -0.4 is 4.74 Å². The molecule has 4 aromatic carbocycles. The zero-order valence-corrected chi connectivity index (χ0v) is 19.4. The molecule has 0 fully saturated rings. The molecule has 0 saturated carbocycles. The number of hydrogen-bond acceptors (Lipinski definition) is 1. The second-order valence-corrected chi connectivity index (χ2v) is 8.43. The van der Waals surface area contributed by atoms with Crippen molar-refractivity contribution in [2.45, 2.75) is 6.92 Å². The third kappa shape index (κ3) is 4.06. The van der Waals surface area contributed by atoms with Crippen LogP contribution in [-0.2, 0) is 0 Å². The van der Waals surface area contributed by atoms with Crippen molar-refractivity contribution in [2.24, 2.45) is 0 Å². The molecule has 0 amide bonds. The lowest BCUT2D eigenvalue weighted by Gasteiger charge is -2.17. The van der Waals surface area contributed by atoms with Gasteiger partial charge in [-0.05, 0) is 71.6 Å². The van der Waals surface area contributed by atoms with Crippen LogP contribution in [0.5, 0.6) is 5.75 Å². The molecular weight excluding hydrogens is 426 g/mol. The van der Waals surface area contributed by atoms with Gasteiger partial charge in [-0.1, -0.05) is 78.3 Å². The molecule has 1 aromatic heterocycles. The van der Waals surface area contributed by atoms with E-state index in [0.29, 0.717) is 0 Å². The molecule has 1 heterocycles. The summed E-state index contributed by atoms with van der Waals surface area (Å²) in [5.74, 6) is 0.833. The topological polar surface area (TPSA) is 14.2 Å². The van der Waals surface area contributed by atoms with Crippen LogP contribution in [-0.4, -0.2) is 11.7 Å². The van der Waals surface area contributed by atoms with Crippen molar-refractivity contribution >= 4 is 11.6 Å². The summed E-state index contributed by atoms with van der Waals surface area (Å²) in [6.45, 7) is 2.03. The van der Waals surface area contributed by atoms with Gasteiger partial charge in [0.2, 0.25) is 0 Å². The number of hydrogen-bond donors (Lipinski definition) is 0. The molecule has 0 N–H and O–H groups in total. The van der Waals surface area contributed by atoms with Crippen molar-refractivity contribution in [3.63, 3.8) is 0 Å². The molecule has 0 saturated heterocycles. The fourth-order valence-corrected chi connectivity index (χ4v) is 4.37. The predicted octanol–water partition coefficient (Wildman–Crippen LogP) is 8.45. The van der Waals surface area contributed by atoms with E-state index in [1.54, 1.807) is 7.11 Å². The second-order valence-electron chi connectivity index (χ2n) is 8.02. The van der Waals surface area contributed by atoms with Gasteiger partial charge in [-0.15, -0.1) is 0 Å². The Morgan fingerprint density at radius 1 is 0.667 bits per heavy atom.